The Hall–Kier alpha value is -0.470. The summed E-state index contributed by atoms with van der Waals surface area (Å²) in [5.41, 5.74) is 1.68. The summed E-state index contributed by atoms with van der Waals surface area (Å²) in [4.78, 5) is 1.40. The number of benzene rings is 1. The van der Waals surface area contributed by atoms with Gasteiger partial charge in [0.25, 0.3) is 0 Å². The molecule has 1 nitrogen and oxygen atoms in total. The van der Waals surface area contributed by atoms with Crippen LogP contribution in [-0.4, -0.2) is 18.3 Å². The second-order valence-electron chi connectivity index (χ2n) is 6.23. The van der Waals surface area contributed by atoms with E-state index in [9.17, 15) is 0 Å². The summed E-state index contributed by atoms with van der Waals surface area (Å²) >= 11 is 1.98. The Labute approximate surface area is 116 Å². The number of rotatable bonds is 3. The molecule has 0 bridgehead atoms. The fourth-order valence-electron chi connectivity index (χ4n) is 2.31. The Morgan fingerprint density at radius 1 is 1.17 bits per heavy atom. The van der Waals surface area contributed by atoms with E-state index in [0.717, 1.165) is 0 Å². The highest BCUT2D eigenvalue weighted by atomic mass is 32.2. The molecule has 2 heteroatoms. The van der Waals surface area contributed by atoms with Gasteiger partial charge in [0.05, 0.1) is 0 Å². The van der Waals surface area contributed by atoms with Crippen molar-refractivity contribution in [3.8, 4) is 0 Å². The summed E-state index contributed by atoms with van der Waals surface area (Å²) in [6.07, 6.45) is 4.08. The minimum absolute atomic E-state index is 0.258. The normalized spacial score (nSPS) is 20.9. The van der Waals surface area contributed by atoms with Gasteiger partial charge in [-0.1, -0.05) is 39.3 Å². The van der Waals surface area contributed by atoms with E-state index in [1.807, 2.05) is 11.8 Å². The van der Waals surface area contributed by atoms with E-state index in [4.69, 9.17) is 0 Å². The van der Waals surface area contributed by atoms with Crippen LogP contribution in [0.3, 0.4) is 0 Å². The van der Waals surface area contributed by atoms with Gasteiger partial charge in [-0.25, -0.2) is 0 Å². The first-order valence-electron chi connectivity index (χ1n) is 7.02. The van der Waals surface area contributed by atoms with Gasteiger partial charge < -0.3 is 5.32 Å². The Kier molecular flexibility index (Phi) is 4.74. The highest BCUT2D eigenvalue weighted by Crippen LogP contribution is 2.26. The van der Waals surface area contributed by atoms with Crippen molar-refractivity contribution in [2.24, 2.45) is 0 Å². The molecule has 1 aliphatic rings. The molecule has 100 valence electrons. The van der Waals surface area contributed by atoms with Gasteiger partial charge in [-0.2, -0.15) is 0 Å². The van der Waals surface area contributed by atoms with Crippen molar-refractivity contribution < 1.29 is 0 Å². The molecule has 0 aromatic heterocycles. The third-order valence-corrected chi connectivity index (χ3v) is 4.76. The van der Waals surface area contributed by atoms with Gasteiger partial charge in [0.1, 0.15) is 0 Å². The molecule has 1 aliphatic heterocycles. The summed E-state index contributed by atoms with van der Waals surface area (Å²) in [5, 5.41) is 3.60. The number of hydrogen-bond acceptors (Lipinski definition) is 2. The van der Waals surface area contributed by atoms with Crippen LogP contribution >= 0.6 is 11.8 Å². The Morgan fingerprint density at radius 3 is 2.44 bits per heavy atom. The predicted octanol–water partition coefficient (Wildman–Crippen LogP) is 4.22. The van der Waals surface area contributed by atoms with Gasteiger partial charge in [-0.3, -0.25) is 0 Å². The fraction of sp³-hybridized carbons (Fsp3) is 0.625. The van der Waals surface area contributed by atoms with Crippen molar-refractivity contribution >= 4 is 11.8 Å². The molecule has 18 heavy (non-hydrogen) atoms. The number of nitrogens with one attached hydrogen (secondary N) is 1. The van der Waals surface area contributed by atoms with E-state index in [1.54, 1.807) is 0 Å². The van der Waals surface area contributed by atoms with Gasteiger partial charge in [-0.05, 0) is 42.5 Å². The van der Waals surface area contributed by atoms with E-state index in [2.05, 4.69) is 50.4 Å². The molecular formula is C16H25NS. The van der Waals surface area contributed by atoms with Gasteiger partial charge in [0, 0.05) is 16.7 Å². The van der Waals surface area contributed by atoms with Gasteiger partial charge in [-0.15, -0.1) is 11.8 Å². The molecule has 1 heterocycles. The highest BCUT2D eigenvalue weighted by Gasteiger charge is 2.14. The number of hydrogen-bond donors (Lipinski definition) is 1. The molecule has 1 N–H and O–H groups in total. The van der Waals surface area contributed by atoms with Crippen LogP contribution in [-0.2, 0) is 5.41 Å². The van der Waals surface area contributed by atoms with Crippen LogP contribution in [0.2, 0.25) is 0 Å². The first-order valence-corrected chi connectivity index (χ1v) is 8.01. The van der Waals surface area contributed by atoms with Crippen molar-refractivity contribution in [3.63, 3.8) is 0 Å². The van der Waals surface area contributed by atoms with Crippen LogP contribution in [0.1, 0.15) is 45.6 Å². The van der Waals surface area contributed by atoms with Gasteiger partial charge in [0.15, 0.2) is 0 Å². The largest absolute Gasteiger partial charge is 0.313 e. The smallest absolute Gasteiger partial charge is 0.0161 e. The third-order valence-electron chi connectivity index (χ3n) is 3.58. The molecule has 0 aliphatic carbocycles. The zero-order valence-corrected chi connectivity index (χ0v) is 12.6. The maximum atomic E-state index is 3.60. The fourth-order valence-corrected chi connectivity index (χ4v) is 3.32. The van der Waals surface area contributed by atoms with E-state index in [0.29, 0.717) is 6.04 Å². The molecule has 0 saturated carbocycles. The Balaban J connectivity index is 1.86. The monoisotopic (exact) mass is 263 g/mol. The summed E-state index contributed by atoms with van der Waals surface area (Å²) in [6.45, 7) is 8.00. The molecule has 1 atom stereocenters. The molecule has 1 aromatic rings. The maximum Gasteiger partial charge on any atom is 0.0161 e. The standard InChI is InChI=1S/C16H25NS/c1-16(2,3)13-7-9-15(10-8-13)18-12-14-6-4-5-11-17-14/h7-10,14,17H,4-6,11-12H2,1-3H3. The quantitative estimate of drug-likeness (QED) is 0.820. The lowest BCUT2D eigenvalue weighted by Gasteiger charge is -2.23. The van der Waals surface area contributed by atoms with E-state index < -0.39 is 0 Å². The van der Waals surface area contributed by atoms with Crippen LogP contribution in [0.25, 0.3) is 0 Å². The minimum Gasteiger partial charge on any atom is -0.313 e. The number of piperidine rings is 1. The van der Waals surface area contributed by atoms with Gasteiger partial charge in [0.2, 0.25) is 0 Å². The molecule has 0 radical (unpaired) electrons. The molecule has 0 spiro atoms. The van der Waals surface area contributed by atoms with Crippen LogP contribution in [0.15, 0.2) is 29.2 Å². The second kappa shape index (κ2) is 6.12. The minimum atomic E-state index is 0.258. The lowest BCUT2D eigenvalue weighted by Crippen LogP contribution is -2.35. The number of thioether (sulfide) groups is 1. The average Bonchev–Trinajstić information content (AvgIpc) is 2.37. The van der Waals surface area contributed by atoms with Crippen LogP contribution in [0.4, 0.5) is 0 Å². The predicted molar refractivity (Wildman–Crippen MR) is 81.5 cm³/mol. The SMILES string of the molecule is CC(C)(C)c1ccc(SCC2CCCCN2)cc1. The first kappa shape index (κ1) is 14.0. The van der Waals surface area contributed by atoms with Crippen LogP contribution in [0.5, 0.6) is 0 Å². The van der Waals surface area contributed by atoms with E-state index in [-0.39, 0.29) is 5.41 Å². The Morgan fingerprint density at radius 2 is 1.89 bits per heavy atom. The van der Waals surface area contributed by atoms with Gasteiger partial charge >= 0.3 is 0 Å². The van der Waals surface area contributed by atoms with Crippen molar-refractivity contribution in [1.82, 2.24) is 5.32 Å². The topological polar surface area (TPSA) is 12.0 Å². The summed E-state index contributed by atoms with van der Waals surface area (Å²) in [5.74, 6) is 1.20. The zero-order chi connectivity index (χ0) is 13.0. The molecule has 1 aromatic carbocycles. The molecule has 2 rings (SSSR count). The van der Waals surface area contributed by atoms with Crippen molar-refractivity contribution in [2.75, 3.05) is 12.3 Å². The van der Waals surface area contributed by atoms with Crippen molar-refractivity contribution in [3.05, 3.63) is 29.8 Å². The third kappa shape index (κ3) is 4.03. The van der Waals surface area contributed by atoms with Crippen LogP contribution < -0.4 is 5.32 Å². The van der Waals surface area contributed by atoms with Crippen LogP contribution in [0, 0.1) is 0 Å². The highest BCUT2D eigenvalue weighted by molar-refractivity contribution is 7.99. The molecule has 1 unspecified atom stereocenters. The van der Waals surface area contributed by atoms with Crippen molar-refractivity contribution in [2.45, 2.75) is 56.4 Å². The second-order valence-corrected chi connectivity index (χ2v) is 7.33. The lowest BCUT2D eigenvalue weighted by molar-refractivity contribution is 0.430. The summed E-state index contributed by atoms with van der Waals surface area (Å²) in [7, 11) is 0. The Bertz CT molecular complexity index is 358. The summed E-state index contributed by atoms with van der Waals surface area (Å²) < 4.78 is 0. The molecular weight excluding hydrogens is 238 g/mol. The summed E-state index contributed by atoms with van der Waals surface area (Å²) in [6, 6.07) is 9.81. The average molecular weight is 263 g/mol. The van der Waals surface area contributed by atoms with E-state index >= 15 is 0 Å². The molecule has 0 amide bonds. The molecule has 1 saturated heterocycles. The molecule has 1 fully saturated rings. The maximum absolute atomic E-state index is 3.60. The lowest BCUT2D eigenvalue weighted by atomic mass is 9.87. The zero-order valence-electron chi connectivity index (χ0n) is 11.8. The van der Waals surface area contributed by atoms with Crippen molar-refractivity contribution in [1.29, 1.82) is 0 Å². The van der Waals surface area contributed by atoms with E-state index in [1.165, 1.54) is 42.0 Å². The first-order chi connectivity index (χ1) is 8.55.